The molecule has 61 heavy (non-hydrogen) atoms. The Morgan fingerprint density at radius 3 is 1.69 bits per heavy atom. The van der Waals surface area contributed by atoms with Crippen LogP contribution in [-0.4, -0.2) is 105 Å². The molecule has 0 spiro atoms. The molecule has 304 valence electrons. The third-order valence-electron chi connectivity index (χ3n) is 11.6. The maximum atomic E-state index is 11.9. The molecule has 3 atom stereocenters. The first-order valence-electron chi connectivity index (χ1n) is 20.1. The van der Waals surface area contributed by atoms with Crippen LogP contribution in [0.1, 0.15) is 34.9 Å². The van der Waals surface area contributed by atoms with E-state index in [0.717, 1.165) is 69.6 Å². The van der Waals surface area contributed by atoms with Crippen molar-refractivity contribution in [3.63, 3.8) is 0 Å². The van der Waals surface area contributed by atoms with Gasteiger partial charge in [0.2, 0.25) is 11.2 Å². The first-order chi connectivity index (χ1) is 30.0. The van der Waals surface area contributed by atoms with E-state index in [9.17, 15) is 4.79 Å². The largest absolute Gasteiger partial charge is 0.371 e. The summed E-state index contributed by atoms with van der Waals surface area (Å²) in [7, 11) is 0. The molecule has 2 amide bonds. The lowest BCUT2D eigenvalue weighted by atomic mass is 10.1. The number of carbonyl (C=O) groups excluding carboxylic acids is 1. The summed E-state index contributed by atoms with van der Waals surface area (Å²) in [6, 6.07) is 28.7. The second-order valence-corrected chi connectivity index (χ2v) is 15.6. The van der Waals surface area contributed by atoms with E-state index in [1.165, 1.54) is 11.1 Å². The average molecular weight is 832 g/mol. The van der Waals surface area contributed by atoms with E-state index in [1.807, 2.05) is 78.0 Å². The number of aromatic nitrogens is 10. The highest BCUT2D eigenvalue weighted by Crippen LogP contribution is 2.33. The number of hydrogen-bond acceptors (Lipinski definition) is 12. The maximum absolute atomic E-state index is 11.9. The van der Waals surface area contributed by atoms with Crippen molar-refractivity contribution >= 4 is 45.9 Å². The minimum absolute atomic E-state index is 0.0236. The first kappa shape index (κ1) is 37.1. The van der Waals surface area contributed by atoms with Crippen LogP contribution >= 0.6 is 11.6 Å². The molecule has 12 rings (SSSR count). The van der Waals surface area contributed by atoms with Gasteiger partial charge in [0, 0.05) is 62.1 Å². The number of piperazine rings is 1. The van der Waals surface area contributed by atoms with Gasteiger partial charge < -0.3 is 33.7 Å². The molecule has 4 aliphatic heterocycles. The minimum atomic E-state index is 0.0236. The Hall–Kier alpha value is -6.88. The summed E-state index contributed by atoms with van der Waals surface area (Å²) in [4.78, 5) is 52.6. The number of ether oxygens (including phenoxy) is 2. The van der Waals surface area contributed by atoms with E-state index in [1.54, 1.807) is 12.4 Å². The molecule has 8 aromatic rings. The van der Waals surface area contributed by atoms with Crippen LogP contribution in [0.4, 0.5) is 10.7 Å². The number of anilines is 1. The van der Waals surface area contributed by atoms with Crippen molar-refractivity contribution in [3.05, 3.63) is 138 Å². The lowest BCUT2D eigenvalue weighted by Gasteiger charge is -2.36. The number of benzene rings is 2. The molecule has 0 aliphatic carbocycles. The third-order valence-corrected chi connectivity index (χ3v) is 11.8. The topological polar surface area (TPSA) is 167 Å². The molecule has 10 heterocycles. The van der Waals surface area contributed by atoms with Crippen molar-refractivity contribution in [2.24, 2.45) is 0 Å². The van der Waals surface area contributed by atoms with Crippen LogP contribution in [-0.2, 0) is 22.7 Å². The van der Waals surface area contributed by atoms with Gasteiger partial charge in [0.05, 0.1) is 42.7 Å². The molecule has 2 fully saturated rings. The Morgan fingerprint density at radius 1 is 0.623 bits per heavy atom. The molecule has 17 heteroatoms. The number of rotatable bonds is 5. The van der Waals surface area contributed by atoms with E-state index in [0.29, 0.717) is 45.5 Å². The predicted octanol–water partition coefficient (Wildman–Crippen LogP) is 5.88. The minimum Gasteiger partial charge on any atom is -0.371 e. The van der Waals surface area contributed by atoms with Crippen LogP contribution in [0, 0.1) is 0 Å². The Balaban J connectivity index is 0.000000144. The number of nitrogens with one attached hydrogen (secondary N) is 1. The molecular weight excluding hydrogens is 794 g/mol. The number of imidazole rings is 2. The molecule has 2 saturated heterocycles. The zero-order chi connectivity index (χ0) is 40.9. The van der Waals surface area contributed by atoms with Gasteiger partial charge in [-0.1, -0.05) is 60.7 Å². The van der Waals surface area contributed by atoms with Crippen molar-refractivity contribution in [1.82, 2.24) is 59.2 Å². The molecule has 0 saturated carbocycles. The average Bonchev–Trinajstić information content (AvgIpc) is 4.02. The summed E-state index contributed by atoms with van der Waals surface area (Å²) in [5.74, 6) is 2.45. The molecule has 0 radical (unpaired) electrons. The lowest BCUT2D eigenvalue weighted by Crippen LogP contribution is -2.52. The lowest BCUT2D eigenvalue weighted by molar-refractivity contribution is 0.0677. The fraction of sp³-hybridized carbons (Fsp3) is 0.250. The van der Waals surface area contributed by atoms with Crippen LogP contribution < -0.4 is 10.2 Å². The second kappa shape index (κ2) is 15.6. The van der Waals surface area contributed by atoms with Crippen LogP contribution in [0.15, 0.2) is 110 Å². The van der Waals surface area contributed by atoms with Crippen molar-refractivity contribution in [2.45, 2.75) is 31.3 Å². The zero-order valence-electron chi connectivity index (χ0n) is 32.8. The maximum Gasteiger partial charge on any atom is 0.317 e. The number of urea groups is 1. The molecule has 2 aromatic carbocycles. The zero-order valence-corrected chi connectivity index (χ0v) is 33.5. The van der Waals surface area contributed by atoms with Crippen LogP contribution in [0.25, 0.3) is 44.8 Å². The van der Waals surface area contributed by atoms with Crippen molar-refractivity contribution in [3.8, 4) is 22.5 Å². The number of amides is 2. The highest BCUT2D eigenvalue weighted by Gasteiger charge is 2.36. The SMILES string of the molecule is Clc1ncc(-c2ccc3nc4n(c3n2)C(c2ccccc2)COC4)cn1.O=C1NC[C@@H]2CN(c3ncc(-c4ccc5nc6n(c5n4)C(c4ccccc4)COC6)cn3)CCN12. The van der Waals surface area contributed by atoms with Crippen molar-refractivity contribution in [2.75, 3.05) is 44.3 Å². The Kier molecular flexibility index (Phi) is 9.51. The summed E-state index contributed by atoms with van der Waals surface area (Å²) in [6.07, 6.45) is 7.00. The van der Waals surface area contributed by atoms with Gasteiger partial charge in [0.25, 0.3) is 0 Å². The van der Waals surface area contributed by atoms with Gasteiger partial charge in [0.15, 0.2) is 11.3 Å². The fourth-order valence-corrected chi connectivity index (χ4v) is 8.68. The fourth-order valence-electron chi connectivity index (χ4n) is 8.58. The predicted molar refractivity (Wildman–Crippen MR) is 227 cm³/mol. The molecule has 16 nitrogen and oxygen atoms in total. The van der Waals surface area contributed by atoms with Gasteiger partial charge in [0.1, 0.15) is 35.9 Å². The molecule has 2 unspecified atom stereocenters. The number of hydrogen-bond donors (Lipinski definition) is 1. The molecular formula is C44H38ClN13O3. The number of nitrogens with zero attached hydrogens (tertiary/aromatic N) is 12. The Bertz CT molecular complexity index is 2880. The quantitative estimate of drug-likeness (QED) is 0.205. The van der Waals surface area contributed by atoms with Gasteiger partial charge >= 0.3 is 6.03 Å². The molecule has 6 aromatic heterocycles. The first-order valence-corrected chi connectivity index (χ1v) is 20.5. The van der Waals surface area contributed by atoms with E-state index in [2.05, 4.69) is 63.6 Å². The number of pyridine rings is 2. The van der Waals surface area contributed by atoms with Gasteiger partial charge in [-0.05, 0) is 47.0 Å². The summed E-state index contributed by atoms with van der Waals surface area (Å²) < 4.78 is 16.0. The Morgan fingerprint density at radius 2 is 1.15 bits per heavy atom. The van der Waals surface area contributed by atoms with E-state index in [-0.39, 0.29) is 29.4 Å². The Labute approximate surface area is 354 Å². The molecule has 0 bridgehead atoms. The highest BCUT2D eigenvalue weighted by molar-refractivity contribution is 6.28. The number of halogens is 1. The summed E-state index contributed by atoms with van der Waals surface area (Å²) in [6.45, 7) is 4.94. The summed E-state index contributed by atoms with van der Waals surface area (Å²) in [5, 5.41) is 3.13. The van der Waals surface area contributed by atoms with Crippen LogP contribution in [0.5, 0.6) is 0 Å². The number of fused-ring (bicyclic) bond motifs is 7. The standard InChI is InChI=1S/C25H24N8O2.C19H14ClN5O/c34-25-28-12-18-13-31(8-9-32(18)25)24-26-10-17(11-27-24)19-6-7-20-23(30-19)33-21(14-35-15-22(33)29-20)16-4-2-1-3-5-16;20-19-21-8-13(9-22-19)14-6-7-15-18(24-14)25-16(10-26-11-17(25)23-15)12-4-2-1-3-5-12/h1-7,10-11,18,21H,8-9,12-15H2,(H,28,34);1-9,16H,10-11H2/t18-,21?;/m1./s1. The molecule has 4 aliphatic rings. The summed E-state index contributed by atoms with van der Waals surface area (Å²) >= 11 is 5.79. The normalized spacial score (nSPS) is 19.5. The molecule has 1 N–H and O–H groups in total. The van der Waals surface area contributed by atoms with Crippen molar-refractivity contribution in [1.29, 1.82) is 0 Å². The van der Waals surface area contributed by atoms with Gasteiger partial charge in [-0.2, -0.15) is 0 Å². The monoisotopic (exact) mass is 831 g/mol. The van der Waals surface area contributed by atoms with Crippen LogP contribution in [0.3, 0.4) is 0 Å². The highest BCUT2D eigenvalue weighted by atomic mass is 35.5. The second-order valence-electron chi connectivity index (χ2n) is 15.2. The van der Waals surface area contributed by atoms with E-state index in [4.69, 9.17) is 41.0 Å². The third kappa shape index (κ3) is 6.97. The van der Waals surface area contributed by atoms with E-state index < -0.39 is 0 Å². The van der Waals surface area contributed by atoms with Crippen LogP contribution in [0.2, 0.25) is 5.28 Å². The van der Waals surface area contributed by atoms with Gasteiger partial charge in [-0.3, -0.25) is 0 Å². The van der Waals surface area contributed by atoms with E-state index >= 15 is 0 Å². The summed E-state index contributed by atoms with van der Waals surface area (Å²) in [5.41, 5.74) is 8.99. The van der Waals surface area contributed by atoms with Gasteiger partial charge in [-0.25, -0.2) is 44.7 Å². The van der Waals surface area contributed by atoms with Crippen molar-refractivity contribution < 1.29 is 14.3 Å². The smallest absolute Gasteiger partial charge is 0.317 e. The van der Waals surface area contributed by atoms with Gasteiger partial charge in [-0.15, -0.1) is 0 Å². The number of carbonyl (C=O) groups is 1.